The summed E-state index contributed by atoms with van der Waals surface area (Å²) in [5, 5.41) is 8.89. The van der Waals surface area contributed by atoms with Gasteiger partial charge in [0.1, 0.15) is 0 Å². The normalized spacial score (nSPS) is 15.6. The topological polar surface area (TPSA) is 20.2 Å². The molecule has 66 valence electrons. The Kier molecular flexibility index (Phi) is 4.26. The predicted molar refractivity (Wildman–Crippen MR) is 57.9 cm³/mol. The number of halogens is 2. The second-order valence-electron chi connectivity index (χ2n) is 2.51. The maximum Gasteiger partial charge on any atom is 0.0570 e. The Bertz CT molecular complexity index is 225. The molecular formula is C9H10Br2O. The zero-order valence-corrected chi connectivity index (χ0v) is 9.62. The van der Waals surface area contributed by atoms with Gasteiger partial charge in [-0.2, -0.15) is 0 Å². The van der Waals surface area contributed by atoms with Crippen LogP contribution in [0.4, 0.5) is 0 Å². The van der Waals surface area contributed by atoms with Crippen LogP contribution in [-0.2, 0) is 0 Å². The van der Waals surface area contributed by atoms with Gasteiger partial charge in [0.15, 0.2) is 0 Å². The van der Waals surface area contributed by atoms with E-state index in [1.807, 2.05) is 30.3 Å². The summed E-state index contributed by atoms with van der Waals surface area (Å²) in [4.78, 5) is 0.239. The van der Waals surface area contributed by atoms with Crippen molar-refractivity contribution >= 4 is 31.9 Å². The molecule has 0 aliphatic heterocycles. The summed E-state index contributed by atoms with van der Waals surface area (Å²) in [5.74, 6) is 0. The van der Waals surface area contributed by atoms with Crippen molar-refractivity contribution in [3.8, 4) is 0 Å². The molecule has 0 heterocycles. The van der Waals surface area contributed by atoms with Crippen LogP contribution in [0.15, 0.2) is 30.3 Å². The summed E-state index contributed by atoms with van der Waals surface area (Å²) in [7, 11) is 0. The molecule has 0 aromatic heterocycles. The molecule has 1 aromatic carbocycles. The molecule has 0 amide bonds. The molecule has 0 unspecified atom stereocenters. The molecule has 0 saturated carbocycles. The Balaban J connectivity index is 2.71. The van der Waals surface area contributed by atoms with Crippen molar-refractivity contribution in [1.82, 2.24) is 0 Å². The van der Waals surface area contributed by atoms with E-state index in [0.717, 1.165) is 0 Å². The van der Waals surface area contributed by atoms with Gasteiger partial charge < -0.3 is 5.11 Å². The summed E-state index contributed by atoms with van der Waals surface area (Å²) >= 11 is 6.89. The van der Waals surface area contributed by atoms with Crippen molar-refractivity contribution in [2.75, 3.05) is 6.61 Å². The van der Waals surface area contributed by atoms with E-state index in [1.165, 1.54) is 5.56 Å². The Morgan fingerprint density at radius 3 is 2.25 bits per heavy atom. The van der Waals surface area contributed by atoms with Crippen LogP contribution < -0.4 is 0 Å². The first kappa shape index (κ1) is 10.2. The maximum atomic E-state index is 8.89. The molecule has 0 radical (unpaired) electrons. The molecule has 0 aliphatic rings. The average Bonchev–Trinajstić information content (AvgIpc) is 2.17. The highest BCUT2D eigenvalue weighted by Gasteiger charge is 2.15. The lowest BCUT2D eigenvalue weighted by Gasteiger charge is -2.14. The monoisotopic (exact) mass is 292 g/mol. The average molecular weight is 294 g/mol. The van der Waals surface area contributed by atoms with E-state index in [0.29, 0.717) is 0 Å². The highest BCUT2D eigenvalue weighted by Crippen LogP contribution is 2.30. The first-order valence-electron chi connectivity index (χ1n) is 3.69. The molecule has 0 bridgehead atoms. The molecular weight excluding hydrogens is 284 g/mol. The molecule has 0 fully saturated rings. The fraction of sp³-hybridized carbons (Fsp3) is 0.333. The largest absolute Gasteiger partial charge is 0.395 e. The SMILES string of the molecule is OC[C@H](Br)[C@@H](Br)c1ccccc1. The van der Waals surface area contributed by atoms with Crippen molar-refractivity contribution in [3.63, 3.8) is 0 Å². The molecule has 1 nitrogen and oxygen atoms in total. The zero-order valence-electron chi connectivity index (χ0n) is 6.45. The third kappa shape index (κ3) is 2.57. The minimum atomic E-state index is 0.0694. The number of aliphatic hydroxyl groups excluding tert-OH is 1. The molecule has 0 spiro atoms. The predicted octanol–water partition coefficient (Wildman–Crippen LogP) is 2.88. The molecule has 1 rings (SSSR count). The lowest BCUT2D eigenvalue weighted by atomic mass is 10.1. The lowest BCUT2D eigenvalue weighted by Crippen LogP contribution is -2.10. The summed E-state index contributed by atoms with van der Waals surface area (Å²) in [6.07, 6.45) is 0. The van der Waals surface area contributed by atoms with E-state index < -0.39 is 0 Å². The first-order chi connectivity index (χ1) is 5.75. The number of rotatable bonds is 3. The first-order valence-corrected chi connectivity index (χ1v) is 5.52. The highest BCUT2D eigenvalue weighted by molar-refractivity contribution is 9.12. The van der Waals surface area contributed by atoms with Crippen LogP contribution in [0.25, 0.3) is 0 Å². The van der Waals surface area contributed by atoms with Crippen LogP contribution in [0.5, 0.6) is 0 Å². The highest BCUT2D eigenvalue weighted by atomic mass is 79.9. The number of aliphatic hydroxyl groups is 1. The third-order valence-corrected chi connectivity index (χ3v) is 4.30. The third-order valence-electron chi connectivity index (χ3n) is 1.61. The molecule has 0 aliphatic carbocycles. The van der Waals surface area contributed by atoms with E-state index in [1.54, 1.807) is 0 Å². The van der Waals surface area contributed by atoms with E-state index in [2.05, 4.69) is 31.9 Å². The van der Waals surface area contributed by atoms with Gasteiger partial charge in [-0.1, -0.05) is 62.2 Å². The van der Waals surface area contributed by atoms with Crippen molar-refractivity contribution in [2.45, 2.75) is 9.65 Å². The van der Waals surface area contributed by atoms with Crippen LogP contribution >= 0.6 is 31.9 Å². The summed E-state index contributed by atoms with van der Waals surface area (Å²) in [6, 6.07) is 10.0. The van der Waals surface area contributed by atoms with Gasteiger partial charge in [0.05, 0.1) is 16.3 Å². The second-order valence-corrected chi connectivity index (χ2v) is 4.67. The molecule has 1 N–H and O–H groups in total. The van der Waals surface area contributed by atoms with Crippen LogP contribution in [-0.4, -0.2) is 16.5 Å². The lowest BCUT2D eigenvalue weighted by molar-refractivity contribution is 0.296. The minimum absolute atomic E-state index is 0.0694. The van der Waals surface area contributed by atoms with Crippen molar-refractivity contribution in [3.05, 3.63) is 35.9 Å². The summed E-state index contributed by atoms with van der Waals surface area (Å²) in [6.45, 7) is 0.130. The number of hydrogen-bond acceptors (Lipinski definition) is 1. The van der Waals surface area contributed by atoms with Crippen LogP contribution in [0.2, 0.25) is 0 Å². The minimum Gasteiger partial charge on any atom is -0.395 e. The van der Waals surface area contributed by atoms with Gasteiger partial charge in [-0.15, -0.1) is 0 Å². The fourth-order valence-corrected chi connectivity index (χ4v) is 1.72. The van der Waals surface area contributed by atoms with E-state index in [-0.39, 0.29) is 16.3 Å². The molecule has 0 saturated heterocycles. The second kappa shape index (κ2) is 5.00. The van der Waals surface area contributed by atoms with E-state index >= 15 is 0 Å². The van der Waals surface area contributed by atoms with Crippen LogP contribution in [0.1, 0.15) is 10.4 Å². The molecule has 1 aromatic rings. The van der Waals surface area contributed by atoms with Crippen LogP contribution in [0.3, 0.4) is 0 Å². The zero-order chi connectivity index (χ0) is 8.97. The summed E-state index contributed by atoms with van der Waals surface area (Å²) < 4.78 is 0. The standard InChI is InChI=1S/C9H10Br2O/c10-8(6-12)9(11)7-4-2-1-3-5-7/h1-5,8-9,12H,6H2/t8-,9-/m0/s1. The van der Waals surface area contributed by atoms with Crippen molar-refractivity contribution in [1.29, 1.82) is 0 Å². The van der Waals surface area contributed by atoms with E-state index in [9.17, 15) is 0 Å². The quantitative estimate of drug-likeness (QED) is 0.850. The van der Waals surface area contributed by atoms with Gasteiger partial charge >= 0.3 is 0 Å². The van der Waals surface area contributed by atoms with Gasteiger partial charge in [0, 0.05) is 0 Å². The Labute approximate surface area is 89.1 Å². The Morgan fingerprint density at radius 1 is 1.17 bits per heavy atom. The van der Waals surface area contributed by atoms with Gasteiger partial charge in [0.25, 0.3) is 0 Å². The number of alkyl halides is 2. The maximum absolute atomic E-state index is 8.89. The Hall–Kier alpha value is 0.140. The molecule has 3 heteroatoms. The molecule has 2 atom stereocenters. The van der Waals surface area contributed by atoms with Crippen molar-refractivity contribution < 1.29 is 5.11 Å². The van der Waals surface area contributed by atoms with Gasteiger partial charge in [-0.3, -0.25) is 0 Å². The van der Waals surface area contributed by atoms with E-state index in [4.69, 9.17) is 5.11 Å². The Morgan fingerprint density at radius 2 is 1.75 bits per heavy atom. The fourth-order valence-electron chi connectivity index (χ4n) is 0.938. The molecule has 12 heavy (non-hydrogen) atoms. The number of hydrogen-bond donors (Lipinski definition) is 1. The van der Waals surface area contributed by atoms with Crippen LogP contribution in [0, 0.1) is 0 Å². The van der Waals surface area contributed by atoms with Crippen molar-refractivity contribution in [2.24, 2.45) is 0 Å². The smallest absolute Gasteiger partial charge is 0.0570 e. The van der Waals surface area contributed by atoms with Gasteiger partial charge in [-0.05, 0) is 5.56 Å². The number of benzene rings is 1. The summed E-state index contributed by atoms with van der Waals surface area (Å²) in [5.41, 5.74) is 1.17. The van der Waals surface area contributed by atoms with Gasteiger partial charge in [0.2, 0.25) is 0 Å². The van der Waals surface area contributed by atoms with Gasteiger partial charge in [-0.25, -0.2) is 0 Å².